The van der Waals surface area contributed by atoms with Gasteiger partial charge in [0.15, 0.2) is 0 Å². The van der Waals surface area contributed by atoms with E-state index in [2.05, 4.69) is 15.3 Å². The Morgan fingerprint density at radius 3 is 2.68 bits per heavy atom. The van der Waals surface area contributed by atoms with Crippen LogP contribution < -0.4 is 0 Å². The van der Waals surface area contributed by atoms with E-state index >= 15 is 0 Å². The zero-order valence-corrected chi connectivity index (χ0v) is 15.1. The maximum Gasteiger partial charge on any atom is 0.335 e. The second-order valence-corrected chi connectivity index (χ2v) is 6.73. The lowest BCUT2D eigenvalue weighted by Crippen LogP contribution is -2.40. The number of carbonyl (C=O) groups excluding carboxylic acids is 1. The Kier molecular flexibility index (Phi) is 4.84. The molecule has 0 radical (unpaired) electrons. The Morgan fingerprint density at radius 1 is 1.07 bits per heavy atom. The minimum atomic E-state index is -1.02. The standard InChI is InChI=1S/C20H19N5O3/c26-19(14-5-2-1-3-6-14)24-10-4-7-16(12-24)25-13-18(22-23-25)17-11-15(20(27)28)8-9-21-17/h1-3,5-6,8-9,11,13,16H,4,7,10,12H2,(H,27,28)/t16-/m1/s1. The summed E-state index contributed by atoms with van der Waals surface area (Å²) in [6, 6.07) is 12.2. The van der Waals surface area contributed by atoms with Crippen molar-refractivity contribution in [2.24, 2.45) is 0 Å². The predicted octanol–water partition coefficient (Wildman–Crippen LogP) is 2.52. The summed E-state index contributed by atoms with van der Waals surface area (Å²) in [7, 11) is 0. The van der Waals surface area contributed by atoms with E-state index in [-0.39, 0.29) is 17.5 Å². The van der Waals surface area contributed by atoms with Crippen molar-refractivity contribution in [2.45, 2.75) is 18.9 Å². The van der Waals surface area contributed by atoms with E-state index in [1.54, 1.807) is 10.9 Å². The van der Waals surface area contributed by atoms with E-state index in [1.165, 1.54) is 18.3 Å². The molecule has 1 N–H and O–H groups in total. The Bertz CT molecular complexity index is 1000. The van der Waals surface area contributed by atoms with Crippen molar-refractivity contribution < 1.29 is 14.7 Å². The molecule has 1 atom stereocenters. The largest absolute Gasteiger partial charge is 0.478 e. The van der Waals surface area contributed by atoms with Crippen molar-refractivity contribution >= 4 is 11.9 Å². The van der Waals surface area contributed by atoms with E-state index in [0.29, 0.717) is 30.0 Å². The van der Waals surface area contributed by atoms with Gasteiger partial charge in [0.05, 0.1) is 23.5 Å². The number of carbonyl (C=O) groups is 2. The average Bonchev–Trinajstić information content (AvgIpc) is 3.24. The van der Waals surface area contributed by atoms with Crippen molar-refractivity contribution in [3.8, 4) is 11.4 Å². The van der Waals surface area contributed by atoms with Gasteiger partial charge in [-0.1, -0.05) is 23.4 Å². The average molecular weight is 377 g/mol. The van der Waals surface area contributed by atoms with E-state index in [4.69, 9.17) is 5.11 Å². The number of likely N-dealkylation sites (tertiary alicyclic amines) is 1. The van der Waals surface area contributed by atoms with Crippen LogP contribution in [0.3, 0.4) is 0 Å². The Hall–Kier alpha value is -3.55. The van der Waals surface area contributed by atoms with E-state index < -0.39 is 5.97 Å². The number of carboxylic acids is 1. The summed E-state index contributed by atoms with van der Waals surface area (Å²) in [6.07, 6.45) is 4.98. The molecule has 0 aliphatic carbocycles. The molecule has 1 saturated heterocycles. The van der Waals surface area contributed by atoms with Gasteiger partial charge in [0.2, 0.25) is 0 Å². The molecule has 4 rings (SSSR count). The van der Waals surface area contributed by atoms with Crippen LogP contribution in [-0.2, 0) is 0 Å². The number of hydrogen-bond donors (Lipinski definition) is 1. The van der Waals surface area contributed by atoms with Gasteiger partial charge in [0.25, 0.3) is 5.91 Å². The molecule has 1 fully saturated rings. The first-order valence-corrected chi connectivity index (χ1v) is 9.07. The van der Waals surface area contributed by atoms with Crippen LogP contribution in [0.15, 0.2) is 54.9 Å². The SMILES string of the molecule is O=C(O)c1ccnc(-c2cn([C@@H]3CCCN(C(=O)c4ccccc4)C3)nn2)c1. The molecule has 142 valence electrons. The number of piperidine rings is 1. The summed E-state index contributed by atoms with van der Waals surface area (Å²) in [4.78, 5) is 29.9. The van der Waals surface area contributed by atoms with Crippen molar-refractivity contribution in [3.63, 3.8) is 0 Å². The number of pyridine rings is 1. The molecule has 28 heavy (non-hydrogen) atoms. The van der Waals surface area contributed by atoms with E-state index in [1.807, 2.05) is 35.2 Å². The summed E-state index contributed by atoms with van der Waals surface area (Å²) < 4.78 is 1.74. The lowest BCUT2D eigenvalue weighted by Gasteiger charge is -2.32. The number of benzene rings is 1. The number of hydrogen-bond acceptors (Lipinski definition) is 5. The van der Waals surface area contributed by atoms with E-state index in [9.17, 15) is 9.59 Å². The highest BCUT2D eigenvalue weighted by atomic mass is 16.4. The molecule has 0 bridgehead atoms. The minimum Gasteiger partial charge on any atom is -0.478 e. The third-order valence-electron chi connectivity index (χ3n) is 4.86. The monoisotopic (exact) mass is 377 g/mol. The summed E-state index contributed by atoms with van der Waals surface area (Å²) in [5.74, 6) is -1.00. The van der Waals surface area contributed by atoms with Crippen molar-refractivity contribution in [2.75, 3.05) is 13.1 Å². The van der Waals surface area contributed by atoms with Gasteiger partial charge in [-0.2, -0.15) is 0 Å². The fourth-order valence-corrected chi connectivity index (χ4v) is 3.39. The first-order valence-electron chi connectivity index (χ1n) is 9.07. The highest BCUT2D eigenvalue weighted by molar-refractivity contribution is 5.94. The molecule has 0 unspecified atom stereocenters. The highest BCUT2D eigenvalue weighted by Crippen LogP contribution is 2.24. The number of carboxylic acid groups (broad SMARTS) is 1. The molecule has 1 aliphatic heterocycles. The zero-order chi connectivity index (χ0) is 19.5. The molecule has 3 aromatic rings. The molecule has 0 saturated carbocycles. The maximum absolute atomic E-state index is 12.7. The molecule has 2 aromatic heterocycles. The summed E-state index contributed by atoms with van der Waals surface area (Å²) in [6.45, 7) is 1.27. The number of aromatic carboxylic acids is 1. The van der Waals surface area contributed by atoms with Crippen LogP contribution in [0, 0.1) is 0 Å². The van der Waals surface area contributed by atoms with Gasteiger partial charge in [0, 0.05) is 24.8 Å². The second kappa shape index (κ2) is 7.59. The van der Waals surface area contributed by atoms with Crippen LogP contribution in [0.5, 0.6) is 0 Å². The quantitative estimate of drug-likeness (QED) is 0.750. The maximum atomic E-state index is 12.7. The summed E-state index contributed by atoms with van der Waals surface area (Å²) >= 11 is 0. The van der Waals surface area contributed by atoms with Crippen molar-refractivity contribution in [1.82, 2.24) is 24.9 Å². The van der Waals surface area contributed by atoms with Crippen LogP contribution in [0.1, 0.15) is 39.6 Å². The Morgan fingerprint density at radius 2 is 1.89 bits per heavy atom. The fraction of sp³-hybridized carbons (Fsp3) is 0.250. The van der Waals surface area contributed by atoms with Gasteiger partial charge in [-0.15, -0.1) is 5.10 Å². The Labute approximate surface area is 161 Å². The molecule has 3 heterocycles. The van der Waals surface area contributed by atoms with E-state index in [0.717, 1.165) is 12.8 Å². The van der Waals surface area contributed by atoms with Gasteiger partial charge < -0.3 is 10.0 Å². The third-order valence-corrected chi connectivity index (χ3v) is 4.86. The Balaban J connectivity index is 1.51. The van der Waals surface area contributed by atoms with Crippen LogP contribution in [-0.4, -0.2) is 55.0 Å². The van der Waals surface area contributed by atoms with Gasteiger partial charge >= 0.3 is 5.97 Å². The molecular formula is C20H19N5O3. The molecule has 0 spiro atoms. The van der Waals surface area contributed by atoms with Gasteiger partial charge in [-0.25, -0.2) is 9.48 Å². The second-order valence-electron chi connectivity index (χ2n) is 6.73. The highest BCUT2D eigenvalue weighted by Gasteiger charge is 2.26. The zero-order valence-electron chi connectivity index (χ0n) is 15.1. The minimum absolute atomic E-state index is 0.0152. The normalized spacial score (nSPS) is 16.7. The van der Waals surface area contributed by atoms with Crippen LogP contribution in [0.25, 0.3) is 11.4 Å². The van der Waals surface area contributed by atoms with Crippen LogP contribution in [0.2, 0.25) is 0 Å². The van der Waals surface area contributed by atoms with Crippen LogP contribution >= 0.6 is 0 Å². The summed E-state index contributed by atoms with van der Waals surface area (Å²) in [5.41, 5.74) is 1.79. The molecule has 8 heteroatoms. The van der Waals surface area contributed by atoms with Gasteiger partial charge in [-0.05, 0) is 37.1 Å². The molecular weight excluding hydrogens is 358 g/mol. The van der Waals surface area contributed by atoms with Gasteiger partial charge in [-0.3, -0.25) is 9.78 Å². The molecule has 8 nitrogen and oxygen atoms in total. The summed E-state index contributed by atoms with van der Waals surface area (Å²) in [5, 5.41) is 17.5. The molecule has 1 aromatic carbocycles. The number of rotatable bonds is 4. The van der Waals surface area contributed by atoms with Crippen LogP contribution in [0.4, 0.5) is 0 Å². The lowest BCUT2D eigenvalue weighted by atomic mass is 10.0. The van der Waals surface area contributed by atoms with Crippen molar-refractivity contribution in [1.29, 1.82) is 0 Å². The first kappa shape index (κ1) is 17.8. The molecule has 1 amide bonds. The predicted molar refractivity (Wildman–Crippen MR) is 101 cm³/mol. The third kappa shape index (κ3) is 3.62. The number of nitrogens with zero attached hydrogens (tertiary/aromatic N) is 5. The van der Waals surface area contributed by atoms with Gasteiger partial charge in [0.1, 0.15) is 5.69 Å². The lowest BCUT2D eigenvalue weighted by molar-refractivity contribution is 0.0669. The van der Waals surface area contributed by atoms with Crippen molar-refractivity contribution in [3.05, 3.63) is 66.0 Å². The topological polar surface area (TPSA) is 101 Å². The first-order chi connectivity index (χ1) is 13.6. The fourth-order valence-electron chi connectivity index (χ4n) is 3.39. The number of aromatic nitrogens is 4. The number of amides is 1. The smallest absolute Gasteiger partial charge is 0.335 e. The molecule has 1 aliphatic rings.